The minimum atomic E-state index is -0.302. The number of amides is 1. The molecule has 2 N–H and O–H groups in total. The van der Waals surface area contributed by atoms with Crippen LogP contribution in [0.2, 0.25) is 0 Å². The fraction of sp³-hybridized carbons (Fsp3) is 0.917. The molecule has 0 aliphatic carbocycles. The smallest absolute Gasteiger partial charge is 0.223 e. The monoisotopic (exact) mass is 315 g/mol. The molecule has 1 amide bonds. The number of rotatable bonds is 5. The highest BCUT2D eigenvalue weighted by Gasteiger charge is 2.26. The normalized spacial score (nSPS) is 21.3. The summed E-state index contributed by atoms with van der Waals surface area (Å²) in [7, 11) is 1.86. The third kappa shape index (κ3) is 7.32. The Hall–Kier alpha value is -0.0700. The lowest BCUT2D eigenvalue weighted by Crippen LogP contribution is -2.55. The van der Waals surface area contributed by atoms with E-state index in [4.69, 9.17) is 0 Å². The highest BCUT2D eigenvalue weighted by Crippen LogP contribution is 2.11. The van der Waals surface area contributed by atoms with Crippen molar-refractivity contribution in [3.05, 3.63) is 0 Å². The van der Waals surface area contributed by atoms with Crippen molar-refractivity contribution in [2.45, 2.75) is 32.4 Å². The maximum absolute atomic E-state index is 11.8. The van der Waals surface area contributed by atoms with Gasteiger partial charge in [0.1, 0.15) is 0 Å². The molecular formula is C12H27Cl2N3O2. The van der Waals surface area contributed by atoms with Gasteiger partial charge in [-0.2, -0.15) is 0 Å². The number of carbonyl (C=O) groups excluding carboxylic acids is 1. The van der Waals surface area contributed by atoms with Crippen LogP contribution in [0.1, 0.15) is 20.3 Å². The maximum Gasteiger partial charge on any atom is 0.223 e. The molecule has 0 spiro atoms. The standard InChI is InChI=1S/C12H25N3O2.2ClH/c1-10-8-15(12(17)4-5-13-3)7-6-14(10)9-11(2)16;;/h10-11,13,16H,4-9H2,1-3H3;2*1H. The molecule has 0 aromatic rings. The second kappa shape index (κ2) is 10.7. The second-order valence-electron chi connectivity index (χ2n) is 4.89. The van der Waals surface area contributed by atoms with Gasteiger partial charge >= 0.3 is 0 Å². The van der Waals surface area contributed by atoms with Crippen LogP contribution in [0.25, 0.3) is 0 Å². The van der Waals surface area contributed by atoms with Crippen LogP contribution in [-0.4, -0.2) is 72.7 Å². The molecule has 0 aromatic heterocycles. The minimum absolute atomic E-state index is 0. The van der Waals surface area contributed by atoms with Gasteiger partial charge in [0.2, 0.25) is 5.91 Å². The van der Waals surface area contributed by atoms with Crippen LogP contribution in [0.4, 0.5) is 0 Å². The summed E-state index contributed by atoms with van der Waals surface area (Å²) >= 11 is 0. The number of nitrogens with zero attached hydrogens (tertiary/aromatic N) is 2. The molecule has 2 atom stereocenters. The molecule has 7 heteroatoms. The van der Waals surface area contributed by atoms with Gasteiger partial charge in [0.25, 0.3) is 0 Å². The van der Waals surface area contributed by atoms with Crippen LogP contribution >= 0.6 is 24.8 Å². The number of aliphatic hydroxyl groups is 1. The van der Waals surface area contributed by atoms with Gasteiger partial charge in [-0.25, -0.2) is 0 Å². The molecule has 5 nitrogen and oxygen atoms in total. The zero-order valence-electron chi connectivity index (χ0n) is 12.0. The molecule has 2 unspecified atom stereocenters. The van der Waals surface area contributed by atoms with Crippen molar-refractivity contribution in [3.63, 3.8) is 0 Å². The molecule has 1 rings (SSSR count). The minimum Gasteiger partial charge on any atom is -0.392 e. The van der Waals surface area contributed by atoms with Crippen molar-refractivity contribution in [1.29, 1.82) is 0 Å². The number of nitrogens with one attached hydrogen (secondary N) is 1. The quantitative estimate of drug-likeness (QED) is 0.769. The third-order valence-electron chi connectivity index (χ3n) is 3.21. The van der Waals surface area contributed by atoms with E-state index in [9.17, 15) is 9.90 Å². The number of halogens is 2. The maximum atomic E-state index is 11.8. The SMILES string of the molecule is CNCCC(=O)N1CCN(CC(C)O)C(C)C1.Cl.Cl. The fourth-order valence-corrected chi connectivity index (χ4v) is 2.22. The van der Waals surface area contributed by atoms with Crippen molar-refractivity contribution in [3.8, 4) is 0 Å². The summed E-state index contributed by atoms with van der Waals surface area (Å²) < 4.78 is 0. The van der Waals surface area contributed by atoms with Crippen LogP contribution in [0.5, 0.6) is 0 Å². The molecule has 1 fully saturated rings. The van der Waals surface area contributed by atoms with Crippen LogP contribution in [0, 0.1) is 0 Å². The van der Waals surface area contributed by atoms with E-state index in [1.165, 1.54) is 0 Å². The zero-order chi connectivity index (χ0) is 12.8. The number of aliphatic hydroxyl groups excluding tert-OH is 1. The first-order chi connectivity index (χ1) is 8.04. The number of β-amino-alcohol motifs (C(OH)–C–C–N with tert-alkyl or cyclic N) is 1. The molecule has 19 heavy (non-hydrogen) atoms. The molecule has 0 aromatic carbocycles. The Morgan fingerprint density at radius 2 is 2.05 bits per heavy atom. The average Bonchev–Trinajstić information content (AvgIpc) is 2.28. The largest absolute Gasteiger partial charge is 0.392 e. The van der Waals surface area contributed by atoms with Crippen molar-refractivity contribution in [1.82, 2.24) is 15.1 Å². The summed E-state index contributed by atoms with van der Waals surface area (Å²) in [6, 6.07) is 0.330. The first kappa shape index (κ1) is 21.2. The van der Waals surface area contributed by atoms with Gasteiger partial charge < -0.3 is 15.3 Å². The molecule has 1 heterocycles. The Kier molecular flexibility index (Phi) is 11.9. The lowest BCUT2D eigenvalue weighted by atomic mass is 10.1. The van der Waals surface area contributed by atoms with Crippen LogP contribution < -0.4 is 5.32 Å². The summed E-state index contributed by atoms with van der Waals surface area (Å²) in [6.07, 6.45) is 0.267. The molecule has 0 bridgehead atoms. The molecule has 1 aliphatic rings. The van der Waals surface area contributed by atoms with E-state index in [0.29, 0.717) is 19.0 Å². The number of hydrogen-bond acceptors (Lipinski definition) is 4. The molecular weight excluding hydrogens is 289 g/mol. The van der Waals surface area contributed by atoms with E-state index in [1.807, 2.05) is 11.9 Å². The molecule has 0 radical (unpaired) electrons. The van der Waals surface area contributed by atoms with Crippen LogP contribution in [0.15, 0.2) is 0 Å². The van der Waals surface area contributed by atoms with E-state index < -0.39 is 0 Å². The Labute approximate surface area is 128 Å². The predicted octanol–water partition coefficient (Wildman–Crippen LogP) is 0.353. The van der Waals surface area contributed by atoms with E-state index in [1.54, 1.807) is 6.92 Å². The number of carbonyl (C=O) groups is 1. The van der Waals surface area contributed by atoms with Gasteiger partial charge in [-0.3, -0.25) is 9.69 Å². The average molecular weight is 316 g/mol. The first-order valence-corrected chi connectivity index (χ1v) is 6.39. The third-order valence-corrected chi connectivity index (χ3v) is 3.21. The Morgan fingerprint density at radius 1 is 1.42 bits per heavy atom. The highest BCUT2D eigenvalue weighted by atomic mass is 35.5. The Bertz CT molecular complexity index is 255. The predicted molar refractivity (Wildman–Crippen MR) is 82.3 cm³/mol. The summed E-state index contributed by atoms with van der Waals surface area (Å²) in [6.45, 7) is 7.75. The molecule has 1 saturated heterocycles. The summed E-state index contributed by atoms with van der Waals surface area (Å²) in [5.41, 5.74) is 0. The van der Waals surface area contributed by atoms with Crippen molar-refractivity contribution in [2.24, 2.45) is 0 Å². The summed E-state index contributed by atoms with van der Waals surface area (Å²) in [4.78, 5) is 16.0. The fourth-order valence-electron chi connectivity index (χ4n) is 2.22. The number of hydrogen-bond donors (Lipinski definition) is 2. The van der Waals surface area contributed by atoms with Gasteiger partial charge in [-0.15, -0.1) is 24.8 Å². The Balaban J connectivity index is 0. The van der Waals surface area contributed by atoms with Gasteiger partial charge in [-0.1, -0.05) is 0 Å². The highest BCUT2D eigenvalue weighted by molar-refractivity contribution is 5.85. The van der Waals surface area contributed by atoms with Gasteiger partial charge in [0.15, 0.2) is 0 Å². The molecule has 1 aliphatic heterocycles. The summed E-state index contributed by atoms with van der Waals surface area (Å²) in [5.74, 6) is 0.225. The first-order valence-electron chi connectivity index (χ1n) is 6.39. The van der Waals surface area contributed by atoms with Crippen LogP contribution in [0.3, 0.4) is 0 Å². The number of piperazine rings is 1. The van der Waals surface area contributed by atoms with Crippen molar-refractivity contribution < 1.29 is 9.90 Å². The van der Waals surface area contributed by atoms with E-state index in [-0.39, 0.29) is 36.8 Å². The molecule has 0 saturated carbocycles. The lowest BCUT2D eigenvalue weighted by molar-refractivity contribution is -0.134. The lowest BCUT2D eigenvalue weighted by Gasteiger charge is -2.40. The van der Waals surface area contributed by atoms with Crippen molar-refractivity contribution >= 4 is 30.7 Å². The van der Waals surface area contributed by atoms with Crippen LogP contribution in [-0.2, 0) is 4.79 Å². The van der Waals surface area contributed by atoms with Crippen molar-refractivity contribution in [2.75, 3.05) is 39.8 Å². The Morgan fingerprint density at radius 3 is 2.53 bits per heavy atom. The summed E-state index contributed by atoms with van der Waals surface area (Å²) in [5, 5.41) is 12.4. The van der Waals surface area contributed by atoms with E-state index in [0.717, 1.165) is 26.2 Å². The topological polar surface area (TPSA) is 55.8 Å². The van der Waals surface area contributed by atoms with E-state index >= 15 is 0 Å². The van der Waals surface area contributed by atoms with Gasteiger partial charge in [0, 0.05) is 45.2 Å². The van der Waals surface area contributed by atoms with Gasteiger partial charge in [-0.05, 0) is 20.9 Å². The van der Waals surface area contributed by atoms with E-state index in [2.05, 4.69) is 17.1 Å². The molecule has 116 valence electrons. The second-order valence-corrected chi connectivity index (χ2v) is 4.89. The zero-order valence-corrected chi connectivity index (χ0v) is 13.6. The van der Waals surface area contributed by atoms with Gasteiger partial charge in [0.05, 0.1) is 6.10 Å².